The maximum atomic E-state index is 12.0. The van der Waals surface area contributed by atoms with Gasteiger partial charge in [-0.25, -0.2) is 4.79 Å². The van der Waals surface area contributed by atoms with E-state index in [2.05, 4.69) is 10.3 Å². The second-order valence-electron chi connectivity index (χ2n) is 5.27. The summed E-state index contributed by atoms with van der Waals surface area (Å²) in [6.45, 7) is 1.99. The number of H-pyrrole nitrogens is 1. The van der Waals surface area contributed by atoms with E-state index in [1.165, 1.54) is 7.05 Å². The predicted molar refractivity (Wildman–Crippen MR) is 88.7 cm³/mol. The van der Waals surface area contributed by atoms with Crippen molar-refractivity contribution in [1.82, 2.24) is 14.9 Å². The molecule has 2 rings (SSSR count). The van der Waals surface area contributed by atoms with Crippen LogP contribution in [0.4, 0.5) is 0 Å². The summed E-state index contributed by atoms with van der Waals surface area (Å²) >= 11 is 6.03. The lowest BCUT2D eigenvalue weighted by atomic mass is 10.1. The number of aromatic nitrogens is 2. The van der Waals surface area contributed by atoms with Crippen LogP contribution in [0.5, 0.6) is 0 Å². The standard InChI is InChI=1S/C16H18ClN3O3/c1-10-12(15(22)20(2)16(23)19-10)7-8-14(21)18-9-11-5-3-4-6-13(11)17/h3-6H,7-9H2,1-2H3,(H,18,21)(H,19,23). The zero-order valence-electron chi connectivity index (χ0n) is 13.0. The van der Waals surface area contributed by atoms with E-state index in [0.29, 0.717) is 22.8 Å². The minimum absolute atomic E-state index is 0.159. The molecule has 2 N–H and O–H groups in total. The molecule has 7 heteroatoms. The second kappa shape index (κ2) is 7.28. The first-order valence-electron chi connectivity index (χ1n) is 7.19. The van der Waals surface area contributed by atoms with Crippen LogP contribution in [0.2, 0.25) is 5.02 Å². The van der Waals surface area contributed by atoms with Crippen molar-refractivity contribution in [1.29, 1.82) is 0 Å². The average molecular weight is 336 g/mol. The first-order valence-corrected chi connectivity index (χ1v) is 7.57. The molecule has 6 nitrogen and oxygen atoms in total. The molecule has 0 radical (unpaired) electrons. The van der Waals surface area contributed by atoms with Crippen LogP contribution in [0.3, 0.4) is 0 Å². The van der Waals surface area contributed by atoms with Gasteiger partial charge in [0.25, 0.3) is 5.56 Å². The van der Waals surface area contributed by atoms with Crippen molar-refractivity contribution >= 4 is 17.5 Å². The van der Waals surface area contributed by atoms with Gasteiger partial charge in [0.05, 0.1) is 0 Å². The molecule has 2 aromatic rings. The maximum absolute atomic E-state index is 12.0. The molecule has 1 aromatic carbocycles. The normalized spacial score (nSPS) is 10.6. The van der Waals surface area contributed by atoms with E-state index in [1.54, 1.807) is 13.0 Å². The van der Waals surface area contributed by atoms with Crippen molar-refractivity contribution < 1.29 is 4.79 Å². The van der Waals surface area contributed by atoms with E-state index in [0.717, 1.165) is 10.1 Å². The largest absolute Gasteiger partial charge is 0.352 e. The molecular formula is C16H18ClN3O3. The fraction of sp³-hybridized carbons (Fsp3) is 0.312. The molecule has 1 amide bonds. The first-order chi connectivity index (χ1) is 10.9. The van der Waals surface area contributed by atoms with Gasteiger partial charge in [-0.1, -0.05) is 29.8 Å². The summed E-state index contributed by atoms with van der Waals surface area (Å²) < 4.78 is 1.00. The summed E-state index contributed by atoms with van der Waals surface area (Å²) in [5.41, 5.74) is 0.945. The number of benzene rings is 1. The lowest BCUT2D eigenvalue weighted by Gasteiger charge is -2.08. The third-order valence-electron chi connectivity index (χ3n) is 3.65. The third kappa shape index (κ3) is 4.10. The molecule has 0 aliphatic heterocycles. The lowest BCUT2D eigenvalue weighted by molar-refractivity contribution is -0.121. The molecule has 1 aromatic heterocycles. The van der Waals surface area contributed by atoms with E-state index in [-0.39, 0.29) is 24.3 Å². The van der Waals surface area contributed by atoms with Crippen LogP contribution < -0.4 is 16.6 Å². The van der Waals surface area contributed by atoms with Gasteiger partial charge in [0.1, 0.15) is 0 Å². The highest BCUT2D eigenvalue weighted by molar-refractivity contribution is 6.31. The summed E-state index contributed by atoms with van der Waals surface area (Å²) in [6.07, 6.45) is 0.427. The molecule has 0 aliphatic carbocycles. The average Bonchev–Trinajstić information content (AvgIpc) is 2.52. The molecule has 0 bridgehead atoms. The summed E-state index contributed by atoms with van der Waals surface area (Å²) in [6, 6.07) is 7.27. The SMILES string of the molecule is Cc1[nH]c(=O)n(C)c(=O)c1CCC(=O)NCc1ccccc1Cl. The van der Waals surface area contributed by atoms with Crippen LogP contribution in [0, 0.1) is 6.92 Å². The highest BCUT2D eigenvalue weighted by atomic mass is 35.5. The zero-order valence-corrected chi connectivity index (χ0v) is 13.7. The maximum Gasteiger partial charge on any atom is 0.328 e. The summed E-state index contributed by atoms with van der Waals surface area (Å²) in [5, 5.41) is 3.37. The third-order valence-corrected chi connectivity index (χ3v) is 4.02. The van der Waals surface area contributed by atoms with E-state index >= 15 is 0 Å². The number of amides is 1. The quantitative estimate of drug-likeness (QED) is 0.863. The van der Waals surface area contributed by atoms with E-state index in [9.17, 15) is 14.4 Å². The Labute approximate surface area is 138 Å². The van der Waals surface area contributed by atoms with Crippen LogP contribution >= 0.6 is 11.6 Å². The molecule has 122 valence electrons. The molecule has 0 saturated carbocycles. The summed E-state index contributed by atoms with van der Waals surface area (Å²) in [7, 11) is 1.40. The van der Waals surface area contributed by atoms with Crippen molar-refractivity contribution in [2.24, 2.45) is 7.05 Å². The van der Waals surface area contributed by atoms with Crippen molar-refractivity contribution in [3.63, 3.8) is 0 Å². The molecule has 1 heterocycles. The number of halogens is 1. The van der Waals surface area contributed by atoms with Crippen LogP contribution in [0.1, 0.15) is 23.2 Å². The van der Waals surface area contributed by atoms with Crippen LogP contribution in [-0.2, 0) is 24.8 Å². The van der Waals surface area contributed by atoms with Crippen molar-refractivity contribution in [3.8, 4) is 0 Å². The van der Waals surface area contributed by atoms with Gasteiger partial charge >= 0.3 is 5.69 Å². The first kappa shape index (κ1) is 17.0. The van der Waals surface area contributed by atoms with Gasteiger partial charge in [0.2, 0.25) is 5.91 Å². The highest BCUT2D eigenvalue weighted by Crippen LogP contribution is 2.14. The van der Waals surface area contributed by atoms with Gasteiger partial charge in [-0.2, -0.15) is 0 Å². The van der Waals surface area contributed by atoms with Crippen molar-refractivity contribution in [3.05, 3.63) is 66.9 Å². The topological polar surface area (TPSA) is 84.0 Å². The molecule has 0 saturated heterocycles. The van der Waals surface area contributed by atoms with Gasteiger partial charge in [-0.3, -0.25) is 14.2 Å². The van der Waals surface area contributed by atoms with Gasteiger partial charge in [-0.15, -0.1) is 0 Å². The predicted octanol–water partition coefficient (Wildman–Crippen LogP) is 1.28. The second-order valence-corrected chi connectivity index (χ2v) is 5.67. The van der Waals surface area contributed by atoms with Crippen LogP contribution in [0.25, 0.3) is 0 Å². The Bertz CT molecular complexity index is 839. The molecule has 0 aliphatic rings. The van der Waals surface area contributed by atoms with E-state index < -0.39 is 5.69 Å². The minimum Gasteiger partial charge on any atom is -0.352 e. The number of aryl methyl sites for hydroxylation is 1. The van der Waals surface area contributed by atoms with Gasteiger partial charge in [0, 0.05) is 36.3 Å². The monoisotopic (exact) mass is 335 g/mol. The lowest BCUT2D eigenvalue weighted by Crippen LogP contribution is -2.36. The molecule has 23 heavy (non-hydrogen) atoms. The Morgan fingerprint density at radius 2 is 2.00 bits per heavy atom. The van der Waals surface area contributed by atoms with Crippen LogP contribution in [-0.4, -0.2) is 15.5 Å². The van der Waals surface area contributed by atoms with Crippen molar-refractivity contribution in [2.45, 2.75) is 26.3 Å². The Balaban J connectivity index is 1.98. The molecular weight excluding hydrogens is 318 g/mol. The number of rotatable bonds is 5. The Hall–Kier alpha value is -2.34. The number of nitrogens with one attached hydrogen (secondary N) is 2. The van der Waals surface area contributed by atoms with E-state index in [1.807, 2.05) is 18.2 Å². The number of nitrogens with zero attached hydrogens (tertiary/aromatic N) is 1. The smallest absolute Gasteiger partial charge is 0.328 e. The number of aromatic amines is 1. The van der Waals surface area contributed by atoms with Crippen LogP contribution in [0.15, 0.2) is 33.9 Å². The van der Waals surface area contributed by atoms with E-state index in [4.69, 9.17) is 11.6 Å². The fourth-order valence-electron chi connectivity index (χ4n) is 2.23. The molecule has 0 atom stereocenters. The van der Waals surface area contributed by atoms with Gasteiger partial charge < -0.3 is 10.3 Å². The molecule has 0 unspecified atom stereocenters. The summed E-state index contributed by atoms with van der Waals surface area (Å²) in [5.74, 6) is -0.183. The Kier molecular flexibility index (Phi) is 5.39. The Morgan fingerprint density at radius 3 is 2.70 bits per heavy atom. The molecule has 0 spiro atoms. The van der Waals surface area contributed by atoms with Crippen molar-refractivity contribution in [2.75, 3.05) is 0 Å². The number of hydrogen-bond donors (Lipinski definition) is 2. The number of carbonyl (C=O) groups is 1. The number of hydrogen-bond acceptors (Lipinski definition) is 3. The zero-order chi connectivity index (χ0) is 17.0. The van der Waals surface area contributed by atoms with Gasteiger partial charge in [0.15, 0.2) is 0 Å². The Morgan fingerprint density at radius 1 is 1.30 bits per heavy atom. The fourth-order valence-corrected chi connectivity index (χ4v) is 2.43. The number of carbonyl (C=O) groups excluding carboxylic acids is 1. The molecule has 0 fully saturated rings. The minimum atomic E-state index is -0.459. The van der Waals surface area contributed by atoms with Gasteiger partial charge in [-0.05, 0) is 25.0 Å². The highest BCUT2D eigenvalue weighted by Gasteiger charge is 2.11. The summed E-state index contributed by atoms with van der Waals surface area (Å²) in [4.78, 5) is 38.0.